The van der Waals surface area contributed by atoms with Crippen LogP contribution in [0, 0.1) is 0 Å². The summed E-state index contributed by atoms with van der Waals surface area (Å²) < 4.78 is 58.8. The highest BCUT2D eigenvalue weighted by atomic mass is 35.5. The molecule has 1 aromatic rings. The molecule has 1 N–H and O–H groups in total. The third-order valence-electron chi connectivity index (χ3n) is 3.62. The number of hydrogen-bond donors (Lipinski definition) is 1. The summed E-state index contributed by atoms with van der Waals surface area (Å²) in [6.45, 7) is -0.693. The second kappa shape index (κ2) is 9.69. The number of nitrogens with zero attached hydrogens (tertiary/aromatic N) is 3. The Balaban J connectivity index is 1.77. The number of rotatable bonds is 10. The average molecular weight is 428 g/mol. The van der Waals surface area contributed by atoms with E-state index in [2.05, 4.69) is 4.74 Å². The van der Waals surface area contributed by atoms with Crippen LogP contribution in [0.5, 0.6) is 5.75 Å². The van der Waals surface area contributed by atoms with Gasteiger partial charge >= 0.3 is 18.6 Å². The zero-order valence-electron chi connectivity index (χ0n) is 14.5. The van der Waals surface area contributed by atoms with E-state index in [9.17, 15) is 27.5 Å². The van der Waals surface area contributed by atoms with Crippen molar-refractivity contribution in [1.29, 1.82) is 0 Å². The van der Waals surface area contributed by atoms with Crippen LogP contribution in [0.15, 0.2) is 36.7 Å². The van der Waals surface area contributed by atoms with E-state index in [0.29, 0.717) is 10.8 Å². The summed E-state index contributed by atoms with van der Waals surface area (Å²) in [4.78, 5) is 12.9. The molecule has 2 rings (SSSR count). The first-order valence-electron chi connectivity index (χ1n) is 8.07. The van der Waals surface area contributed by atoms with E-state index in [4.69, 9.17) is 16.3 Å². The van der Waals surface area contributed by atoms with E-state index in [1.165, 1.54) is 22.3 Å². The van der Waals surface area contributed by atoms with Crippen molar-refractivity contribution in [2.24, 2.45) is 0 Å². The number of hydrazine groups is 1. The first-order valence-corrected chi connectivity index (χ1v) is 8.44. The Morgan fingerprint density at radius 2 is 1.93 bits per heavy atom. The molecule has 1 heterocycles. The number of alkyl halides is 4. The molecule has 1 aliphatic heterocycles. The maximum absolute atomic E-state index is 12.7. The minimum Gasteiger partial charge on any atom is -0.492 e. The maximum atomic E-state index is 12.7. The van der Waals surface area contributed by atoms with Gasteiger partial charge in [0.05, 0.1) is 13.2 Å². The summed E-state index contributed by atoms with van der Waals surface area (Å²) in [5.41, 5.74) is 0. The molecule has 0 aromatic heterocycles. The molecule has 0 saturated heterocycles. The van der Waals surface area contributed by atoms with Crippen molar-refractivity contribution in [3.05, 3.63) is 41.7 Å². The normalized spacial score (nSPS) is 14.1. The molecule has 28 heavy (non-hydrogen) atoms. The van der Waals surface area contributed by atoms with Crippen molar-refractivity contribution in [3.63, 3.8) is 0 Å². The minimum atomic E-state index is -4.52. The van der Waals surface area contributed by atoms with Gasteiger partial charge in [0.1, 0.15) is 19.0 Å². The number of carboxylic acid groups (broad SMARTS) is 1. The highest BCUT2D eigenvalue weighted by Gasteiger charge is 2.42. The van der Waals surface area contributed by atoms with Crippen molar-refractivity contribution in [1.82, 2.24) is 14.9 Å². The third kappa shape index (κ3) is 6.34. The van der Waals surface area contributed by atoms with Gasteiger partial charge in [0.2, 0.25) is 0 Å². The van der Waals surface area contributed by atoms with Gasteiger partial charge in [0.25, 0.3) is 0 Å². The lowest BCUT2D eigenvalue weighted by Crippen LogP contribution is -2.46. The number of ether oxygens (including phenoxy) is 2. The Hall–Kier alpha value is -2.40. The lowest BCUT2D eigenvalue weighted by molar-refractivity contribution is -0.300. The van der Waals surface area contributed by atoms with Crippen LogP contribution >= 0.6 is 11.6 Å². The first kappa shape index (κ1) is 21.9. The summed E-state index contributed by atoms with van der Waals surface area (Å²) in [6, 6.07) is 6.54. The number of benzene rings is 1. The number of carbonyl (C=O) groups is 1. The van der Waals surface area contributed by atoms with E-state index in [-0.39, 0.29) is 26.4 Å². The first-order chi connectivity index (χ1) is 13.2. The third-order valence-corrected chi connectivity index (χ3v) is 3.87. The molecule has 0 fully saturated rings. The van der Waals surface area contributed by atoms with Crippen LogP contribution in [0.1, 0.15) is 0 Å². The lowest BCUT2D eigenvalue weighted by Gasteiger charge is -2.30. The lowest BCUT2D eigenvalue weighted by atomic mass is 10.3. The molecule has 0 aliphatic carbocycles. The average Bonchev–Trinajstić information content (AvgIpc) is 3.08. The second-order valence-electron chi connectivity index (χ2n) is 5.61. The number of hydrogen-bond acceptors (Lipinski definition) is 5. The van der Waals surface area contributed by atoms with Gasteiger partial charge in [0.15, 0.2) is 0 Å². The molecule has 7 nitrogen and oxygen atoms in total. The maximum Gasteiger partial charge on any atom is 0.426 e. The summed E-state index contributed by atoms with van der Waals surface area (Å²) >= 11 is 5.77. The molecule has 0 unspecified atom stereocenters. The van der Waals surface area contributed by atoms with Crippen LogP contribution < -0.4 is 4.74 Å². The van der Waals surface area contributed by atoms with E-state index < -0.39 is 25.2 Å². The fourth-order valence-corrected chi connectivity index (χ4v) is 2.36. The summed E-state index contributed by atoms with van der Waals surface area (Å²) in [6.07, 6.45) is -6.82. The highest BCUT2D eigenvalue weighted by molar-refractivity contribution is 6.30. The van der Waals surface area contributed by atoms with Crippen molar-refractivity contribution >= 4 is 17.7 Å². The Morgan fingerprint density at radius 1 is 1.25 bits per heavy atom. The molecule has 156 valence electrons. The van der Waals surface area contributed by atoms with Crippen LogP contribution in [0.25, 0.3) is 0 Å². The minimum absolute atomic E-state index is 0.00388. The quantitative estimate of drug-likeness (QED) is 0.576. The predicted octanol–water partition coefficient (Wildman–Crippen LogP) is 3.53. The predicted molar refractivity (Wildman–Crippen MR) is 91.1 cm³/mol. The van der Waals surface area contributed by atoms with E-state index >= 15 is 0 Å². The van der Waals surface area contributed by atoms with Gasteiger partial charge in [-0.25, -0.2) is 18.6 Å². The smallest absolute Gasteiger partial charge is 0.426 e. The van der Waals surface area contributed by atoms with Crippen molar-refractivity contribution in [2.75, 3.05) is 33.0 Å². The van der Waals surface area contributed by atoms with Crippen LogP contribution in [0.3, 0.4) is 0 Å². The zero-order valence-corrected chi connectivity index (χ0v) is 15.2. The molecule has 1 amide bonds. The topological polar surface area (TPSA) is 65.5 Å². The van der Waals surface area contributed by atoms with Gasteiger partial charge < -0.3 is 19.5 Å². The summed E-state index contributed by atoms with van der Waals surface area (Å²) in [7, 11) is 0. The van der Waals surface area contributed by atoms with Crippen molar-refractivity contribution < 1.29 is 36.9 Å². The van der Waals surface area contributed by atoms with Gasteiger partial charge in [-0.1, -0.05) is 11.6 Å². The van der Waals surface area contributed by atoms with Gasteiger partial charge in [-0.2, -0.15) is 8.78 Å². The highest BCUT2D eigenvalue weighted by Crippen LogP contribution is 2.24. The fraction of sp³-hybridized carbons (Fsp3) is 0.438. The Morgan fingerprint density at radius 3 is 2.54 bits per heavy atom. The second-order valence-corrected chi connectivity index (χ2v) is 6.05. The Kier molecular flexibility index (Phi) is 7.58. The molecule has 12 heteroatoms. The molecular formula is C16H18ClF4N3O4. The van der Waals surface area contributed by atoms with Crippen LogP contribution in [0.4, 0.5) is 22.4 Å². The molecule has 0 radical (unpaired) electrons. The molecular weight excluding hydrogens is 410 g/mol. The van der Waals surface area contributed by atoms with Crippen molar-refractivity contribution in [3.8, 4) is 5.75 Å². The fourth-order valence-electron chi connectivity index (χ4n) is 2.23. The summed E-state index contributed by atoms with van der Waals surface area (Å²) in [5, 5.41) is 12.2. The van der Waals surface area contributed by atoms with E-state index in [0.717, 1.165) is 5.01 Å². The SMILES string of the molecule is O=C(O)N(CCOc1ccc(Cl)cc1)N1C=CN(CCOC(F)(F)C(F)F)C1. The molecule has 0 spiro atoms. The van der Waals surface area contributed by atoms with Gasteiger partial charge in [0, 0.05) is 24.0 Å². The van der Waals surface area contributed by atoms with Crippen molar-refractivity contribution in [2.45, 2.75) is 12.5 Å². The summed E-state index contributed by atoms with van der Waals surface area (Å²) in [5.74, 6) is 0.519. The monoisotopic (exact) mass is 427 g/mol. The van der Waals surface area contributed by atoms with Gasteiger partial charge in [-0.15, -0.1) is 0 Å². The molecule has 0 bridgehead atoms. The molecule has 0 atom stereocenters. The van der Waals surface area contributed by atoms with Gasteiger partial charge in [-0.05, 0) is 24.3 Å². The van der Waals surface area contributed by atoms with E-state index in [1.807, 2.05) is 0 Å². The largest absolute Gasteiger partial charge is 0.492 e. The van der Waals surface area contributed by atoms with Gasteiger partial charge in [-0.3, -0.25) is 5.01 Å². The Labute approximate surface area is 163 Å². The van der Waals surface area contributed by atoms with Crippen LogP contribution in [-0.2, 0) is 4.74 Å². The zero-order chi connectivity index (χ0) is 20.7. The van der Waals surface area contributed by atoms with Crippen LogP contribution in [-0.4, -0.2) is 71.6 Å². The number of amides is 1. The number of halogens is 5. The van der Waals surface area contributed by atoms with Crippen LogP contribution in [0.2, 0.25) is 5.02 Å². The molecule has 1 aliphatic rings. The molecule has 0 saturated carbocycles. The Bertz CT molecular complexity index is 678. The van der Waals surface area contributed by atoms with E-state index in [1.54, 1.807) is 24.3 Å². The standard InChI is InChI=1S/C16H18ClF4N3O4/c17-12-1-3-13(4-2-12)27-9-8-24(15(25)26)23-6-5-22(11-23)7-10-28-16(20,21)14(18)19/h1-6,14H,7-11H2,(H,25,26). The molecule has 1 aromatic carbocycles.